The van der Waals surface area contributed by atoms with Crippen molar-refractivity contribution in [2.24, 2.45) is 5.73 Å². The van der Waals surface area contributed by atoms with Gasteiger partial charge in [0.25, 0.3) is 0 Å². The Morgan fingerprint density at radius 2 is 2.41 bits per heavy atom. The fourth-order valence-corrected chi connectivity index (χ4v) is 1.89. The Bertz CT molecular complexity index is 370. The van der Waals surface area contributed by atoms with Crippen molar-refractivity contribution in [1.29, 1.82) is 0 Å². The Morgan fingerprint density at radius 1 is 1.47 bits per heavy atom. The lowest BCUT2D eigenvalue weighted by Gasteiger charge is -2.23. The number of benzene rings is 1. The average molecular weight is 233 g/mol. The van der Waals surface area contributed by atoms with Gasteiger partial charge in [-0.15, -0.1) is 0 Å². The first-order chi connectivity index (χ1) is 8.38. The van der Waals surface area contributed by atoms with Crippen LogP contribution in [0.2, 0.25) is 0 Å². The van der Waals surface area contributed by atoms with Crippen LogP contribution in [0.25, 0.3) is 6.08 Å². The monoisotopic (exact) mass is 233 g/mol. The fourth-order valence-electron chi connectivity index (χ4n) is 1.89. The molecule has 17 heavy (non-hydrogen) atoms. The standard InChI is InChI=1S/C14H19NO2/c15-8-2-5-12-4-1-6-13(10-12)17-14-7-3-9-16-11-14/h1-2,4-6,10,14H,3,7-9,11,15H2/b5-2+. The van der Waals surface area contributed by atoms with Crippen molar-refractivity contribution in [3.05, 3.63) is 35.9 Å². The minimum absolute atomic E-state index is 0.192. The molecule has 92 valence electrons. The Labute approximate surface area is 102 Å². The second kappa shape index (κ2) is 6.42. The highest BCUT2D eigenvalue weighted by atomic mass is 16.5. The molecule has 1 aromatic rings. The molecule has 0 radical (unpaired) electrons. The minimum Gasteiger partial charge on any atom is -0.488 e. The number of ether oxygens (including phenoxy) is 2. The van der Waals surface area contributed by atoms with Gasteiger partial charge in [0.15, 0.2) is 0 Å². The van der Waals surface area contributed by atoms with Gasteiger partial charge in [0.1, 0.15) is 11.9 Å². The molecule has 1 fully saturated rings. The molecule has 1 saturated heterocycles. The van der Waals surface area contributed by atoms with Gasteiger partial charge in [-0.05, 0) is 30.5 Å². The lowest BCUT2D eigenvalue weighted by molar-refractivity contribution is 0.00742. The second-order valence-corrected chi connectivity index (χ2v) is 4.17. The average Bonchev–Trinajstić information content (AvgIpc) is 2.38. The van der Waals surface area contributed by atoms with Crippen molar-refractivity contribution in [3.8, 4) is 5.75 Å². The predicted molar refractivity (Wildman–Crippen MR) is 69.0 cm³/mol. The SMILES string of the molecule is NC/C=C/c1cccc(OC2CCCOC2)c1. The van der Waals surface area contributed by atoms with E-state index in [1.165, 1.54) is 0 Å². The Balaban J connectivity index is 1.97. The summed E-state index contributed by atoms with van der Waals surface area (Å²) in [7, 11) is 0. The van der Waals surface area contributed by atoms with Gasteiger partial charge < -0.3 is 15.2 Å². The number of hydrogen-bond donors (Lipinski definition) is 1. The van der Waals surface area contributed by atoms with Gasteiger partial charge in [0.2, 0.25) is 0 Å². The van der Waals surface area contributed by atoms with Crippen molar-refractivity contribution in [3.63, 3.8) is 0 Å². The molecule has 0 bridgehead atoms. The van der Waals surface area contributed by atoms with Crippen LogP contribution in [-0.4, -0.2) is 25.9 Å². The van der Waals surface area contributed by atoms with Gasteiger partial charge in [-0.1, -0.05) is 24.3 Å². The Morgan fingerprint density at radius 3 is 3.18 bits per heavy atom. The maximum Gasteiger partial charge on any atom is 0.122 e. The third kappa shape index (κ3) is 3.88. The summed E-state index contributed by atoms with van der Waals surface area (Å²) in [6, 6.07) is 8.04. The predicted octanol–water partition coefficient (Wildman–Crippen LogP) is 2.22. The largest absolute Gasteiger partial charge is 0.488 e. The first-order valence-electron chi connectivity index (χ1n) is 6.09. The Hall–Kier alpha value is -1.32. The summed E-state index contributed by atoms with van der Waals surface area (Å²) in [6.07, 6.45) is 6.28. The van der Waals surface area contributed by atoms with Crippen molar-refractivity contribution >= 4 is 6.08 Å². The molecule has 1 atom stereocenters. The lowest BCUT2D eigenvalue weighted by Crippen LogP contribution is -2.27. The van der Waals surface area contributed by atoms with Crippen LogP contribution in [0.5, 0.6) is 5.75 Å². The number of hydrogen-bond acceptors (Lipinski definition) is 3. The quantitative estimate of drug-likeness (QED) is 0.867. The van der Waals surface area contributed by atoms with Crippen LogP contribution >= 0.6 is 0 Å². The van der Waals surface area contributed by atoms with E-state index in [1.54, 1.807) is 0 Å². The van der Waals surface area contributed by atoms with Crippen LogP contribution < -0.4 is 10.5 Å². The summed E-state index contributed by atoms with van der Waals surface area (Å²) < 4.78 is 11.3. The molecule has 2 N–H and O–H groups in total. The van der Waals surface area contributed by atoms with E-state index in [-0.39, 0.29) is 6.10 Å². The van der Waals surface area contributed by atoms with Gasteiger partial charge in [0.05, 0.1) is 6.61 Å². The maximum atomic E-state index is 5.89. The highest BCUT2D eigenvalue weighted by Gasteiger charge is 2.15. The Kier molecular flexibility index (Phi) is 4.59. The van der Waals surface area contributed by atoms with E-state index in [1.807, 2.05) is 36.4 Å². The van der Waals surface area contributed by atoms with E-state index in [9.17, 15) is 0 Å². The number of rotatable bonds is 4. The fraction of sp³-hybridized carbons (Fsp3) is 0.429. The number of nitrogens with two attached hydrogens (primary N) is 1. The summed E-state index contributed by atoms with van der Waals surface area (Å²) in [5.41, 5.74) is 6.54. The van der Waals surface area contributed by atoms with Crippen LogP contribution in [0.3, 0.4) is 0 Å². The molecule has 0 aliphatic carbocycles. The van der Waals surface area contributed by atoms with Crippen LogP contribution in [0, 0.1) is 0 Å². The molecular formula is C14H19NO2. The van der Waals surface area contributed by atoms with Gasteiger partial charge in [-0.2, -0.15) is 0 Å². The van der Waals surface area contributed by atoms with Crippen LogP contribution in [0.4, 0.5) is 0 Å². The summed E-state index contributed by atoms with van der Waals surface area (Å²) in [5.74, 6) is 0.902. The molecule has 1 aliphatic heterocycles. The van der Waals surface area contributed by atoms with E-state index in [2.05, 4.69) is 0 Å². The zero-order chi connectivity index (χ0) is 11.9. The summed E-state index contributed by atoms with van der Waals surface area (Å²) in [6.45, 7) is 2.11. The topological polar surface area (TPSA) is 44.5 Å². The molecule has 1 aromatic carbocycles. The third-order valence-corrected chi connectivity index (χ3v) is 2.73. The lowest BCUT2D eigenvalue weighted by atomic mass is 10.1. The molecule has 3 heteroatoms. The first-order valence-corrected chi connectivity index (χ1v) is 6.09. The summed E-state index contributed by atoms with van der Waals surface area (Å²) in [4.78, 5) is 0. The molecule has 0 aromatic heterocycles. The van der Waals surface area contributed by atoms with E-state index in [0.29, 0.717) is 13.2 Å². The zero-order valence-corrected chi connectivity index (χ0v) is 9.97. The van der Waals surface area contributed by atoms with Gasteiger partial charge in [-0.3, -0.25) is 0 Å². The molecule has 0 amide bonds. The van der Waals surface area contributed by atoms with Crippen LogP contribution in [0.1, 0.15) is 18.4 Å². The van der Waals surface area contributed by atoms with Crippen molar-refractivity contribution in [2.75, 3.05) is 19.8 Å². The summed E-state index contributed by atoms with van der Waals surface area (Å²) >= 11 is 0. The molecule has 3 nitrogen and oxygen atoms in total. The van der Waals surface area contributed by atoms with Crippen molar-refractivity contribution in [1.82, 2.24) is 0 Å². The van der Waals surface area contributed by atoms with Gasteiger partial charge in [-0.25, -0.2) is 0 Å². The van der Waals surface area contributed by atoms with E-state index in [0.717, 1.165) is 30.8 Å². The van der Waals surface area contributed by atoms with E-state index >= 15 is 0 Å². The normalized spacial score (nSPS) is 20.6. The molecule has 1 unspecified atom stereocenters. The molecule has 1 aliphatic rings. The molecule has 0 saturated carbocycles. The van der Waals surface area contributed by atoms with Crippen LogP contribution in [-0.2, 0) is 4.74 Å². The molecule has 0 spiro atoms. The first kappa shape index (κ1) is 12.1. The second-order valence-electron chi connectivity index (χ2n) is 4.17. The van der Waals surface area contributed by atoms with Gasteiger partial charge >= 0.3 is 0 Å². The van der Waals surface area contributed by atoms with Crippen LogP contribution in [0.15, 0.2) is 30.3 Å². The van der Waals surface area contributed by atoms with Crippen molar-refractivity contribution in [2.45, 2.75) is 18.9 Å². The van der Waals surface area contributed by atoms with Crippen molar-refractivity contribution < 1.29 is 9.47 Å². The summed E-state index contributed by atoms with van der Waals surface area (Å²) in [5, 5.41) is 0. The molecule has 1 heterocycles. The highest BCUT2D eigenvalue weighted by molar-refractivity contribution is 5.51. The minimum atomic E-state index is 0.192. The third-order valence-electron chi connectivity index (χ3n) is 2.73. The maximum absolute atomic E-state index is 5.89. The highest BCUT2D eigenvalue weighted by Crippen LogP contribution is 2.19. The molecule has 2 rings (SSSR count). The molecular weight excluding hydrogens is 214 g/mol. The van der Waals surface area contributed by atoms with E-state index in [4.69, 9.17) is 15.2 Å². The zero-order valence-electron chi connectivity index (χ0n) is 9.97. The smallest absolute Gasteiger partial charge is 0.122 e. The van der Waals surface area contributed by atoms with Gasteiger partial charge in [0, 0.05) is 13.2 Å². The van der Waals surface area contributed by atoms with E-state index < -0.39 is 0 Å².